The average Bonchev–Trinajstić information content (AvgIpc) is 2.52. The molecule has 1 unspecified atom stereocenters. The van der Waals surface area contributed by atoms with Gasteiger partial charge in [0.15, 0.2) is 0 Å². The first-order valence-corrected chi connectivity index (χ1v) is 6.47. The van der Waals surface area contributed by atoms with Crippen molar-refractivity contribution in [2.45, 2.75) is 18.8 Å². The largest absolute Gasteiger partial charge is 0.573 e. The molecule has 0 saturated heterocycles. The molecule has 0 fully saturated rings. The molecule has 0 aliphatic carbocycles. The van der Waals surface area contributed by atoms with Crippen molar-refractivity contribution in [1.82, 2.24) is 5.32 Å². The van der Waals surface area contributed by atoms with Gasteiger partial charge in [-0.3, -0.25) is 9.59 Å². The van der Waals surface area contributed by atoms with Crippen molar-refractivity contribution in [2.24, 2.45) is 0 Å². The fraction of sp³-hybridized carbons (Fsp3) is 0.357. The van der Waals surface area contributed by atoms with Crippen LogP contribution in [0.25, 0.3) is 0 Å². The van der Waals surface area contributed by atoms with Crippen molar-refractivity contribution in [3.63, 3.8) is 0 Å². The quantitative estimate of drug-likeness (QED) is 0.781. The zero-order chi connectivity index (χ0) is 18.3. The summed E-state index contributed by atoms with van der Waals surface area (Å²) in [6.07, 6.45) is -5.30. The number of methoxy groups -OCH3 is 2. The topological polar surface area (TPSA) is 90.9 Å². The van der Waals surface area contributed by atoms with Crippen LogP contribution < -0.4 is 10.1 Å². The minimum absolute atomic E-state index is 0.0386. The predicted molar refractivity (Wildman–Crippen MR) is 73.0 cm³/mol. The molecule has 0 heterocycles. The maximum absolute atomic E-state index is 12.1. The summed E-state index contributed by atoms with van der Waals surface area (Å²) in [7, 11) is 2.18. The lowest BCUT2D eigenvalue weighted by Gasteiger charge is -2.15. The molecule has 10 heteroatoms. The number of ether oxygens (including phenoxy) is 3. The molecule has 0 aromatic heterocycles. The lowest BCUT2D eigenvalue weighted by Crippen LogP contribution is -2.43. The number of carbonyl (C=O) groups excluding carboxylic acids is 3. The van der Waals surface area contributed by atoms with E-state index < -0.39 is 42.4 Å². The first-order chi connectivity index (χ1) is 11.2. The highest BCUT2D eigenvalue weighted by atomic mass is 19.4. The highest BCUT2D eigenvalue weighted by Crippen LogP contribution is 2.22. The van der Waals surface area contributed by atoms with Gasteiger partial charge in [0.25, 0.3) is 5.91 Å². The van der Waals surface area contributed by atoms with Gasteiger partial charge in [-0.05, 0) is 24.3 Å². The maximum Gasteiger partial charge on any atom is 0.573 e. The lowest BCUT2D eigenvalue weighted by atomic mass is 10.1. The minimum atomic E-state index is -4.85. The minimum Gasteiger partial charge on any atom is -0.469 e. The van der Waals surface area contributed by atoms with Crippen LogP contribution >= 0.6 is 0 Å². The third-order valence-electron chi connectivity index (χ3n) is 2.74. The number of rotatable bonds is 6. The second-order valence-electron chi connectivity index (χ2n) is 4.40. The zero-order valence-corrected chi connectivity index (χ0v) is 12.7. The Hall–Kier alpha value is -2.78. The van der Waals surface area contributed by atoms with E-state index in [4.69, 9.17) is 0 Å². The molecule has 0 saturated carbocycles. The Kier molecular flexibility index (Phi) is 6.57. The van der Waals surface area contributed by atoms with E-state index in [2.05, 4.69) is 19.5 Å². The van der Waals surface area contributed by atoms with Crippen LogP contribution in [0.4, 0.5) is 13.2 Å². The first-order valence-electron chi connectivity index (χ1n) is 6.47. The van der Waals surface area contributed by atoms with Crippen LogP contribution in [0.1, 0.15) is 16.8 Å². The van der Waals surface area contributed by atoms with Crippen LogP contribution in [-0.4, -0.2) is 44.5 Å². The van der Waals surface area contributed by atoms with Gasteiger partial charge < -0.3 is 19.5 Å². The molecule has 0 bridgehead atoms. The molecule has 7 nitrogen and oxygen atoms in total. The van der Waals surface area contributed by atoms with E-state index in [9.17, 15) is 27.6 Å². The summed E-state index contributed by atoms with van der Waals surface area (Å²) >= 11 is 0. The normalized spacial score (nSPS) is 12.0. The third kappa shape index (κ3) is 6.15. The average molecular weight is 349 g/mol. The van der Waals surface area contributed by atoms with Gasteiger partial charge in [0.1, 0.15) is 11.8 Å². The fourth-order valence-corrected chi connectivity index (χ4v) is 1.64. The monoisotopic (exact) mass is 349 g/mol. The van der Waals surface area contributed by atoms with E-state index in [1.54, 1.807) is 0 Å². The van der Waals surface area contributed by atoms with E-state index in [1.807, 2.05) is 0 Å². The molecule has 24 heavy (non-hydrogen) atoms. The van der Waals surface area contributed by atoms with Gasteiger partial charge in [-0.15, -0.1) is 13.2 Å². The number of carbonyl (C=O) groups is 3. The standard InChI is InChI=1S/C14H14F3NO6/c1-22-11(19)7-10(13(21)23-2)18-12(20)8-3-5-9(6-4-8)24-14(15,16)17/h3-6,10H,7H2,1-2H3,(H,18,20). The molecule has 0 aliphatic rings. The summed E-state index contributed by atoms with van der Waals surface area (Å²) in [4.78, 5) is 34.8. The molecular weight excluding hydrogens is 335 g/mol. The van der Waals surface area contributed by atoms with Gasteiger partial charge in [0.2, 0.25) is 0 Å². The van der Waals surface area contributed by atoms with E-state index in [-0.39, 0.29) is 5.56 Å². The van der Waals surface area contributed by atoms with Crippen molar-refractivity contribution < 1.29 is 41.8 Å². The number of nitrogens with one attached hydrogen (secondary N) is 1. The zero-order valence-electron chi connectivity index (χ0n) is 12.7. The van der Waals surface area contributed by atoms with Gasteiger partial charge >= 0.3 is 18.3 Å². The summed E-state index contributed by atoms with van der Waals surface area (Å²) in [5.41, 5.74) is -0.0386. The van der Waals surface area contributed by atoms with Gasteiger partial charge in [-0.2, -0.15) is 0 Å². The van der Waals surface area contributed by atoms with Crippen LogP contribution in [0.15, 0.2) is 24.3 Å². The second-order valence-corrected chi connectivity index (χ2v) is 4.40. The Labute approximate surface area is 134 Å². The van der Waals surface area contributed by atoms with Crippen molar-refractivity contribution in [3.05, 3.63) is 29.8 Å². The Morgan fingerprint density at radius 2 is 1.67 bits per heavy atom. The molecule has 1 atom stereocenters. The van der Waals surface area contributed by atoms with Crippen LogP contribution in [0.2, 0.25) is 0 Å². The Bertz CT molecular complexity index is 600. The predicted octanol–water partition coefficient (Wildman–Crippen LogP) is 1.42. The molecular formula is C14H14F3NO6. The Morgan fingerprint density at radius 1 is 1.08 bits per heavy atom. The molecule has 132 valence electrons. The Balaban J connectivity index is 2.80. The fourth-order valence-electron chi connectivity index (χ4n) is 1.64. The van der Waals surface area contributed by atoms with E-state index in [0.717, 1.165) is 38.5 Å². The number of hydrogen-bond acceptors (Lipinski definition) is 6. The molecule has 0 radical (unpaired) electrons. The second kappa shape index (κ2) is 8.18. The summed E-state index contributed by atoms with van der Waals surface area (Å²) in [6.45, 7) is 0. The summed E-state index contributed by atoms with van der Waals surface area (Å²) in [5, 5.41) is 2.24. The number of halogens is 3. The van der Waals surface area contributed by atoms with Gasteiger partial charge in [0.05, 0.1) is 20.6 Å². The lowest BCUT2D eigenvalue weighted by molar-refractivity contribution is -0.274. The summed E-state index contributed by atoms with van der Waals surface area (Å²) in [5.74, 6) is -2.91. The van der Waals surface area contributed by atoms with Gasteiger partial charge in [-0.1, -0.05) is 0 Å². The smallest absolute Gasteiger partial charge is 0.469 e. The van der Waals surface area contributed by atoms with Crippen molar-refractivity contribution in [1.29, 1.82) is 0 Å². The van der Waals surface area contributed by atoms with E-state index >= 15 is 0 Å². The molecule has 0 spiro atoms. The number of hydrogen-bond donors (Lipinski definition) is 1. The molecule has 1 aromatic rings. The Morgan fingerprint density at radius 3 is 2.12 bits per heavy atom. The molecule has 1 amide bonds. The van der Waals surface area contributed by atoms with Crippen molar-refractivity contribution in [2.75, 3.05) is 14.2 Å². The highest BCUT2D eigenvalue weighted by molar-refractivity contribution is 5.97. The summed E-state index contributed by atoms with van der Waals surface area (Å²) in [6, 6.07) is 2.73. The first kappa shape index (κ1) is 19.3. The highest BCUT2D eigenvalue weighted by Gasteiger charge is 2.31. The van der Waals surface area contributed by atoms with Gasteiger partial charge in [-0.25, -0.2) is 4.79 Å². The number of benzene rings is 1. The van der Waals surface area contributed by atoms with Crippen LogP contribution in [0, 0.1) is 0 Å². The van der Waals surface area contributed by atoms with Crippen LogP contribution in [0.5, 0.6) is 5.75 Å². The van der Waals surface area contributed by atoms with Gasteiger partial charge in [0, 0.05) is 5.56 Å². The molecule has 0 aliphatic heterocycles. The number of alkyl halides is 3. The number of esters is 2. The van der Waals surface area contributed by atoms with E-state index in [1.165, 1.54) is 0 Å². The summed E-state index contributed by atoms with van der Waals surface area (Å²) < 4.78 is 48.7. The van der Waals surface area contributed by atoms with Crippen molar-refractivity contribution in [3.8, 4) is 5.75 Å². The van der Waals surface area contributed by atoms with Crippen LogP contribution in [-0.2, 0) is 19.1 Å². The van der Waals surface area contributed by atoms with E-state index in [0.29, 0.717) is 0 Å². The third-order valence-corrected chi connectivity index (χ3v) is 2.74. The SMILES string of the molecule is COC(=O)CC(NC(=O)c1ccc(OC(F)(F)F)cc1)C(=O)OC. The number of amides is 1. The van der Waals surface area contributed by atoms with Crippen molar-refractivity contribution >= 4 is 17.8 Å². The molecule has 1 N–H and O–H groups in total. The maximum atomic E-state index is 12.1. The molecule has 1 aromatic carbocycles. The van der Waals surface area contributed by atoms with Crippen LogP contribution in [0.3, 0.4) is 0 Å². The molecule has 1 rings (SSSR count).